The number of nitrogens with two attached hydrogens (primary N) is 1. The fraction of sp³-hybridized carbons (Fsp3) is 0.350. The van der Waals surface area contributed by atoms with Gasteiger partial charge >= 0.3 is 0 Å². The number of phenols is 1. The smallest absolute Gasteiger partial charge is 0.255 e. The van der Waals surface area contributed by atoms with E-state index in [0.29, 0.717) is 5.56 Å². The van der Waals surface area contributed by atoms with Gasteiger partial charge in [0.25, 0.3) is 5.91 Å². The van der Waals surface area contributed by atoms with Crippen LogP contribution in [0.4, 0.5) is 0 Å². The zero-order chi connectivity index (χ0) is 21.4. The van der Waals surface area contributed by atoms with E-state index in [4.69, 9.17) is 5.73 Å². The van der Waals surface area contributed by atoms with Crippen molar-refractivity contribution >= 4 is 23.2 Å². The van der Waals surface area contributed by atoms with Gasteiger partial charge in [0.1, 0.15) is 22.8 Å². The van der Waals surface area contributed by atoms with Crippen LogP contribution in [0.2, 0.25) is 0 Å². The van der Waals surface area contributed by atoms with Crippen molar-refractivity contribution < 1.29 is 39.9 Å². The molecule has 2 unspecified atom stereocenters. The Morgan fingerprint density at radius 2 is 1.86 bits per heavy atom. The molecule has 0 aliphatic heterocycles. The summed E-state index contributed by atoms with van der Waals surface area (Å²) in [4.78, 5) is 37.2. The minimum Gasteiger partial charge on any atom is -0.508 e. The third-order valence-corrected chi connectivity index (χ3v) is 6.37. The molecule has 4 rings (SSSR count). The predicted molar refractivity (Wildman–Crippen MR) is 97.5 cm³/mol. The van der Waals surface area contributed by atoms with Crippen molar-refractivity contribution in [2.24, 2.45) is 17.6 Å². The first-order valence-corrected chi connectivity index (χ1v) is 9.00. The highest BCUT2D eigenvalue weighted by Crippen LogP contribution is 2.55. The molecule has 7 N–H and O–H groups in total. The van der Waals surface area contributed by atoms with Gasteiger partial charge in [0.2, 0.25) is 5.78 Å². The van der Waals surface area contributed by atoms with Crippen LogP contribution in [0, 0.1) is 11.8 Å². The number of carbonyl (C=O) groups excluding carboxylic acids is 3. The third-order valence-electron chi connectivity index (χ3n) is 6.37. The Labute approximate surface area is 164 Å². The van der Waals surface area contributed by atoms with E-state index >= 15 is 0 Å². The lowest BCUT2D eigenvalue weighted by Gasteiger charge is -2.50. The summed E-state index contributed by atoms with van der Waals surface area (Å²) in [5, 5.41) is 53.6. The van der Waals surface area contributed by atoms with Crippen LogP contribution in [0.3, 0.4) is 0 Å². The van der Waals surface area contributed by atoms with Crippen molar-refractivity contribution in [2.45, 2.75) is 31.0 Å². The molecule has 0 aromatic heterocycles. The number of Topliss-reactive ketones (excluding diaryl/α,β-unsaturated/α-hetero) is 2. The molecule has 1 fully saturated rings. The molecule has 1 saturated carbocycles. The third kappa shape index (κ3) is 2.19. The van der Waals surface area contributed by atoms with Gasteiger partial charge in [-0.25, -0.2) is 0 Å². The number of aliphatic hydroxyl groups is 4. The minimum absolute atomic E-state index is 0.0145. The van der Waals surface area contributed by atoms with Crippen LogP contribution in [0.5, 0.6) is 5.75 Å². The second-order valence-corrected chi connectivity index (χ2v) is 7.73. The lowest BCUT2D eigenvalue weighted by molar-refractivity contribution is -0.160. The van der Waals surface area contributed by atoms with Crippen LogP contribution < -0.4 is 5.73 Å². The molecule has 3 aliphatic carbocycles. The number of aromatic hydroxyl groups is 1. The fourth-order valence-electron chi connectivity index (χ4n) is 4.96. The zero-order valence-electron chi connectivity index (χ0n) is 15.3. The summed E-state index contributed by atoms with van der Waals surface area (Å²) in [6.07, 6.45) is -2.10. The molecule has 1 aromatic carbocycles. The van der Waals surface area contributed by atoms with Gasteiger partial charge in [-0.05, 0) is 17.5 Å². The van der Waals surface area contributed by atoms with Crippen molar-refractivity contribution in [3.8, 4) is 5.75 Å². The predicted octanol–water partition coefficient (Wildman–Crippen LogP) is -0.0443. The number of ketones is 2. The van der Waals surface area contributed by atoms with E-state index in [2.05, 4.69) is 0 Å². The molecule has 0 heterocycles. The first kappa shape index (κ1) is 19.2. The number of primary amides is 1. The molecule has 29 heavy (non-hydrogen) atoms. The second kappa shape index (κ2) is 5.91. The Morgan fingerprint density at radius 1 is 1.21 bits per heavy atom. The standard InChI is InChI=1S/C20H19NO8/c1-6-7-3-2-4-9(22)12(7)16(25)14-11(6)15(24)8-5-10(23)13(19(21)28)17(26)20(8,29)18(14)27/h2-4,6,8,11,15,22,24-26,29H,5H2,1H3,(H2,21,28)/t6-,8?,11?,15+,20+/m0/s1. The van der Waals surface area contributed by atoms with Crippen LogP contribution in [0.15, 0.2) is 35.1 Å². The molecule has 152 valence electrons. The molecule has 0 saturated heterocycles. The molecule has 9 nitrogen and oxygen atoms in total. The topological polar surface area (TPSA) is 178 Å². The number of aliphatic hydroxyl groups excluding tert-OH is 3. The molecule has 0 bridgehead atoms. The number of fused-ring (bicyclic) bond motifs is 3. The zero-order valence-corrected chi connectivity index (χ0v) is 15.3. The number of carbonyl (C=O) groups is 3. The Balaban J connectivity index is 2.02. The van der Waals surface area contributed by atoms with Gasteiger partial charge in [-0.3, -0.25) is 14.4 Å². The lowest BCUT2D eigenvalue weighted by Crippen LogP contribution is -2.63. The maximum absolute atomic E-state index is 13.3. The van der Waals surface area contributed by atoms with Crippen LogP contribution >= 0.6 is 0 Å². The molecular formula is C20H19NO8. The molecule has 1 aromatic rings. The van der Waals surface area contributed by atoms with Gasteiger partial charge in [0.15, 0.2) is 11.4 Å². The highest BCUT2D eigenvalue weighted by Gasteiger charge is 2.64. The number of phenolic OH excluding ortho intramolecular Hbond substituents is 1. The van der Waals surface area contributed by atoms with Gasteiger partial charge < -0.3 is 31.3 Å². The monoisotopic (exact) mass is 401 g/mol. The van der Waals surface area contributed by atoms with Crippen LogP contribution in [-0.2, 0) is 14.4 Å². The normalized spacial score (nSPS) is 33.9. The minimum atomic E-state index is -2.81. The summed E-state index contributed by atoms with van der Waals surface area (Å²) in [5.74, 6) is -8.54. The second-order valence-electron chi connectivity index (χ2n) is 7.73. The van der Waals surface area contributed by atoms with E-state index in [1.54, 1.807) is 19.1 Å². The molecule has 1 amide bonds. The summed E-state index contributed by atoms with van der Waals surface area (Å²) in [6.45, 7) is 1.67. The maximum atomic E-state index is 13.3. The van der Waals surface area contributed by atoms with Crippen molar-refractivity contribution in [2.75, 3.05) is 0 Å². The number of hydrogen-bond acceptors (Lipinski definition) is 8. The summed E-state index contributed by atoms with van der Waals surface area (Å²) in [6, 6.07) is 4.49. The van der Waals surface area contributed by atoms with E-state index in [9.17, 15) is 39.9 Å². The summed E-state index contributed by atoms with van der Waals surface area (Å²) >= 11 is 0. The van der Waals surface area contributed by atoms with E-state index in [1.165, 1.54) is 6.07 Å². The van der Waals surface area contributed by atoms with Crippen LogP contribution in [0.25, 0.3) is 5.76 Å². The van der Waals surface area contributed by atoms with Gasteiger partial charge in [0, 0.05) is 23.8 Å². The van der Waals surface area contributed by atoms with Crippen molar-refractivity contribution in [1.82, 2.24) is 0 Å². The number of rotatable bonds is 1. The molecule has 9 heteroatoms. The van der Waals surface area contributed by atoms with Crippen LogP contribution in [-0.4, -0.2) is 54.7 Å². The Bertz CT molecular complexity index is 1050. The SMILES string of the molecule is C[C@H]1c2cccc(O)c2C(O)=C2C(=O)[C@]3(O)C(O)=C(C(N)=O)C(=O)CC3[C@@H](O)C21. The van der Waals surface area contributed by atoms with Gasteiger partial charge in [-0.2, -0.15) is 0 Å². The highest BCUT2D eigenvalue weighted by molar-refractivity contribution is 6.22. The summed E-state index contributed by atoms with van der Waals surface area (Å²) < 4.78 is 0. The molecule has 3 aliphatic rings. The highest BCUT2D eigenvalue weighted by atomic mass is 16.4. The van der Waals surface area contributed by atoms with E-state index < -0.39 is 70.4 Å². The summed E-state index contributed by atoms with van der Waals surface area (Å²) in [7, 11) is 0. The van der Waals surface area contributed by atoms with Gasteiger partial charge in [-0.15, -0.1) is 0 Å². The number of hydrogen-bond donors (Lipinski definition) is 6. The van der Waals surface area contributed by atoms with E-state index in [-0.39, 0.29) is 16.9 Å². The summed E-state index contributed by atoms with van der Waals surface area (Å²) in [5.41, 5.74) is 1.48. The van der Waals surface area contributed by atoms with Gasteiger partial charge in [-0.1, -0.05) is 19.1 Å². The average molecular weight is 401 g/mol. The van der Waals surface area contributed by atoms with Crippen molar-refractivity contribution in [3.63, 3.8) is 0 Å². The van der Waals surface area contributed by atoms with Gasteiger partial charge in [0.05, 0.1) is 11.7 Å². The number of benzene rings is 1. The molecule has 0 radical (unpaired) electrons. The van der Waals surface area contributed by atoms with Crippen molar-refractivity contribution in [1.29, 1.82) is 0 Å². The molecule has 5 atom stereocenters. The van der Waals surface area contributed by atoms with Crippen molar-refractivity contribution in [3.05, 3.63) is 46.2 Å². The first-order chi connectivity index (χ1) is 13.5. The Hall–Kier alpha value is -3.17. The number of amides is 1. The average Bonchev–Trinajstić information content (AvgIpc) is 2.65. The molecular weight excluding hydrogens is 382 g/mol. The van der Waals surface area contributed by atoms with E-state index in [1.807, 2.05) is 0 Å². The Kier molecular flexibility index (Phi) is 3.91. The van der Waals surface area contributed by atoms with Crippen LogP contribution in [0.1, 0.15) is 30.4 Å². The fourth-order valence-corrected chi connectivity index (χ4v) is 4.96. The largest absolute Gasteiger partial charge is 0.508 e. The lowest BCUT2D eigenvalue weighted by atomic mass is 9.55. The first-order valence-electron chi connectivity index (χ1n) is 9.00. The maximum Gasteiger partial charge on any atom is 0.255 e. The van der Waals surface area contributed by atoms with E-state index in [0.717, 1.165) is 0 Å². The quantitative estimate of drug-likeness (QED) is 0.355. The Morgan fingerprint density at radius 3 is 2.48 bits per heavy atom. The molecule has 0 spiro atoms.